The number of carbonyl (C=O) groups is 1. The van der Waals surface area contributed by atoms with Crippen molar-refractivity contribution in [3.8, 4) is 6.07 Å². The second-order valence-electron chi connectivity index (χ2n) is 6.83. The van der Waals surface area contributed by atoms with Gasteiger partial charge >= 0.3 is 0 Å². The van der Waals surface area contributed by atoms with Crippen molar-refractivity contribution >= 4 is 17.7 Å². The maximum atomic E-state index is 12.4. The van der Waals surface area contributed by atoms with Crippen LogP contribution in [0.25, 0.3) is 6.08 Å². The summed E-state index contributed by atoms with van der Waals surface area (Å²) >= 11 is 0. The summed E-state index contributed by atoms with van der Waals surface area (Å²) < 4.78 is 0. The lowest BCUT2D eigenvalue weighted by Gasteiger charge is -2.34. The van der Waals surface area contributed by atoms with Crippen LogP contribution >= 0.6 is 0 Å². The summed E-state index contributed by atoms with van der Waals surface area (Å²) in [5.41, 5.74) is 2.60. The van der Waals surface area contributed by atoms with Gasteiger partial charge in [-0.3, -0.25) is 9.69 Å². The monoisotopic (exact) mass is 374 g/mol. The largest absolute Gasteiger partial charge is 0.383 e. The van der Waals surface area contributed by atoms with Crippen LogP contribution in [0.1, 0.15) is 17.5 Å². The Kier molecular flexibility index (Phi) is 7.22. The highest BCUT2D eigenvalue weighted by Gasteiger charge is 2.19. The summed E-state index contributed by atoms with van der Waals surface area (Å²) in [7, 11) is 0. The number of nitriles is 1. The van der Waals surface area contributed by atoms with Crippen LogP contribution in [0.15, 0.2) is 60.7 Å². The Hall–Kier alpha value is -3.10. The predicted octanol–water partition coefficient (Wildman–Crippen LogP) is 3.22. The molecule has 0 bridgehead atoms. The Morgan fingerprint density at radius 2 is 1.75 bits per heavy atom. The van der Waals surface area contributed by atoms with E-state index in [0.29, 0.717) is 18.5 Å². The van der Waals surface area contributed by atoms with Gasteiger partial charge in [0.2, 0.25) is 5.91 Å². The molecule has 2 aromatic carbocycles. The number of benzene rings is 2. The van der Waals surface area contributed by atoms with Crippen LogP contribution in [0.4, 0.5) is 5.69 Å². The molecule has 1 saturated heterocycles. The maximum absolute atomic E-state index is 12.4. The van der Waals surface area contributed by atoms with Gasteiger partial charge in [0.1, 0.15) is 6.07 Å². The number of para-hydroxylation sites is 1. The standard InChI is InChI=1S/C23H26N4O/c24-19-21-10-4-5-11-22(21)25-13-12-23(28)27-17-15-26(16-18-27)14-6-9-20-7-2-1-3-8-20/h1-11,25H,12-18H2/b9-6+. The van der Waals surface area contributed by atoms with Crippen LogP contribution in [0.2, 0.25) is 0 Å². The molecular weight excluding hydrogens is 348 g/mol. The summed E-state index contributed by atoms with van der Waals surface area (Å²) in [6.45, 7) is 4.78. The molecule has 0 aromatic heterocycles. The molecule has 0 radical (unpaired) electrons. The minimum atomic E-state index is 0.168. The van der Waals surface area contributed by atoms with Crippen molar-refractivity contribution in [3.05, 3.63) is 71.8 Å². The lowest BCUT2D eigenvalue weighted by Crippen LogP contribution is -2.48. The van der Waals surface area contributed by atoms with Gasteiger partial charge in [0.15, 0.2) is 0 Å². The Balaban J connectivity index is 1.37. The molecule has 1 heterocycles. The second kappa shape index (κ2) is 10.3. The van der Waals surface area contributed by atoms with Crippen molar-refractivity contribution in [2.24, 2.45) is 0 Å². The predicted molar refractivity (Wildman–Crippen MR) is 113 cm³/mol. The first-order valence-electron chi connectivity index (χ1n) is 9.71. The fourth-order valence-electron chi connectivity index (χ4n) is 3.28. The van der Waals surface area contributed by atoms with Gasteiger partial charge in [-0.05, 0) is 17.7 Å². The first-order valence-corrected chi connectivity index (χ1v) is 9.71. The van der Waals surface area contributed by atoms with Crippen LogP contribution in [0.5, 0.6) is 0 Å². The summed E-state index contributed by atoms with van der Waals surface area (Å²) in [6, 6.07) is 19.8. The number of rotatable bonds is 7. The summed E-state index contributed by atoms with van der Waals surface area (Å²) in [6.07, 6.45) is 4.76. The number of anilines is 1. The number of nitrogens with one attached hydrogen (secondary N) is 1. The van der Waals surface area contributed by atoms with E-state index in [-0.39, 0.29) is 5.91 Å². The molecule has 1 N–H and O–H groups in total. The van der Waals surface area contributed by atoms with E-state index in [9.17, 15) is 4.79 Å². The summed E-state index contributed by atoms with van der Waals surface area (Å²) in [4.78, 5) is 16.7. The first kappa shape index (κ1) is 19.7. The Morgan fingerprint density at radius 1 is 1.04 bits per heavy atom. The molecule has 2 aromatic rings. The Bertz CT molecular complexity index is 833. The van der Waals surface area contributed by atoms with Gasteiger partial charge in [-0.25, -0.2) is 0 Å². The first-order chi connectivity index (χ1) is 13.8. The maximum Gasteiger partial charge on any atom is 0.224 e. The van der Waals surface area contributed by atoms with Crippen LogP contribution in [-0.2, 0) is 4.79 Å². The van der Waals surface area contributed by atoms with E-state index < -0.39 is 0 Å². The number of piperazine rings is 1. The molecule has 5 heteroatoms. The highest BCUT2D eigenvalue weighted by atomic mass is 16.2. The van der Waals surface area contributed by atoms with E-state index in [4.69, 9.17) is 5.26 Å². The highest BCUT2D eigenvalue weighted by Crippen LogP contribution is 2.13. The number of amides is 1. The van der Waals surface area contributed by atoms with Gasteiger partial charge in [0.25, 0.3) is 0 Å². The third kappa shape index (κ3) is 5.70. The molecule has 0 atom stereocenters. The molecule has 0 spiro atoms. The quantitative estimate of drug-likeness (QED) is 0.808. The zero-order chi connectivity index (χ0) is 19.6. The zero-order valence-electron chi connectivity index (χ0n) is 16.1. The number of nitrogens with zero attached hydrogens (tertiary/aromatic N) is 3. The Labute approximate surface area is 166 Å². The summed E-state index contributed by atoms with van der Waals surface area (Å²) in [5.74, 6) is 0.168. The molecule has 1 aliphatic rings. The lowest BCUT2D eigenvalue weighted by molar-refractivity contribution is -0.132. The molecule has 0 unspecified atom stereocenters. The van der Waals surface area contributed by atoms with Crippen molar-refractivity contribution in [1.82, 2.24) is 9.80 Å². The van der Waals surface area contributed by atoms with Crippen molar-refractivity contribution in [3.63, 3.8) is 0 Å². The molecular formula is C23H26N4O. The van der Waals surface area contributed by atoms with Gasteiger partial charge in [-0.15, -0.1) is 0 Å². The van der Waals surface area contributed by atoms with Gasteiger partial charge in [0.05, 0.1) is 11.3 Å². The summed E-state index contributed by atoms with van der Waals surface area (Å²) in [5, 5.41) is 12.3. The van der Waals surface area contributed by atoms with E-state index in [2.05, 4.69) is 40.6 Å². The molecule has 0 aliphatic carbocycles. The van der Waals surface area contributed by atoms with Crippen LogP contribution in [-0.4, -0.2) is 55.0 Å². The smallest absolute Gasteiger partial charge is 0.224 e. The van der Waals surface area contributed by atoms with E-state index >= 15 is 0 Å². The topological polar surface area (TPSA) is 59.4 Å². The lowest BCUT2D eigenvalue weighted by atomic mass is 10.2. The fourth-order valence-corrected chi connectivity index (χ4v) is 3.28. The van der Waals surface area contributed by atoms with Crippen molar-refractivity contribution in [1.29, 1.82) is 5.26 Å². The van der Waals surface area contributed by atoms with E-state index in [1.54, 1.807) is 6.07 Å². The number of hydrogen-bond donors (Lipinski definition) is 1. The minimum absolute atomic E-state index is 0.168. The zero-order valence-corrected chi connectivity index (χ0v) is 16.1. The SMILES string of the molecule is N#Cc1ccccc1NCCC(=O)N1CCN(C/C=C/c2ccccc2)CC1. The van der Waals surface area contributed by atoms with Crippen molar-refractivity contribution in [2.45, 2.75) is 6.42 Å². The molecule has 0 saturated carbocycles. The van der Waals surface area contributed by atoms with Gasteiger partial charge in [-0.1, -0.05) is 54.6 Å². The van der Waals surface area contributed by atoms with Crippen LogP contribution in [0, 0.1) is 11.3 Å². The average Bonchev–Trinajstić information content (AvgIpc) is 2.75. The fraction of sp³-hybridized carbons (Fsp3) is 0.304. The molecule has 1 fully saturated rings. The van der Waals surface area contributed by atoms with Crippen molar-refractivity contribution < 1.29 is 4.79 Å². The van der Waals surface area contributed by atoms with E-state index in [1.807, 2.05) is 41.3 Å². The molecule has 5 nitrogen and oxygen atoms in total. The average molecular weight is 374 g/mol. The van der Waals surface area contributed by atoms with E-state index in [0.717, 1.165) is 38.4 Å². The van der Waals surface area contributed by atoms with Gasteiger partial charge in [-0.2, -0.15) is 5.26 Å². The molecule has 3 rings (SSSR count). The van der Waals surface area contributed by atoms with Crippen LogP contribution in [0.3, 0.4) is 0 Å². The minimum Gasteiger partial charge on any atom is -0.383 e. The second-order valence-corrected chi connectivity index (χ2v) is 6.83. The van der Waals surface area contributed by atoms with Crippen LogP contribution < -0.4 is 5.32 Å². The molecule has 28 heavy (non-hydrogen) atoms. The van der Waals surface area contributed by atoms with Gasteiger partial charge in [0, 0.05) is 45.7 Å². The molecule has 1 aliphatic heterocycles. The normalized spacial score (nSPS) is 14.8. The van der Waals surface area contributed by atoms with Gasteiger partial charge < -0.3 is 10.2 Å². The Morgan fingerprint density at radius 3 is 2.50 bits per heavy atom. The molecule has 144 valence electrons. The third-order valence-corrected chi connectivity index (χ3v) is 4.90. The number of hydrogen-bond acceptors (Lipinski definition) is 4. The third-order valence-electron chi connectivity index (χ3n) is 4.90. The number of carbonyl (C=O) groups excluding carboxylic acids is 1. The van der Waals surface area contributed by atoms with E-state index in [1.165, 1.54) is 5.56 Å². The van der Waals surface area contributed by atoms with Crippen molar-refractivity contribution in [2.75, 3.05) is 44.6 Å². The molecule has 1 amide bonds. The highest BCUT2D eigenvalue weighted by molar-refractivity contribution is 5.77.